The van der Waals surface area contributed by atoms with E-state index in [1.165, 1.54) is 0 Å². The number of aliphatic carboxylic acids is 1. The number of benzene rings is 1. The number of fused-ring (bicyclic) bond motifs is 1. The molecule has 8 nitrogen and oxygen atoms in total. The van der Waals surface area contributed by atoms with Gasteiger partial charge in [0.2, 0.25) is 5.91 Å². The van der Waals surface area contributed by atoms with E-state index in [2.05, 4.69) is 10.3 Å². The monoisotopic (exact) mass is 333 g/mol. The lowest BCUT2D eigenvalue weighted by Crippen LogP contribution is -2.45. The number of carboxylic acid groups (broad SMARTS) is 1. The summed E-state index contributed by atoms with van der Waals surface area (Å²) < 4.78 is 0.938. The lowest BCUT2D eigenvalue weighted by atomic mass is 10.0. The van der Waals surface area contributed by atoms with Crippen molar-refractivity contribution in [2.75, 3.05) is 0 Å². The molecule has 1 aromatic carbocycles. The Labute approximate surface area is 137 Å². The molecule has 0 bridgehead atoms. The summed E-state index contributed by atoms with van der Waals surface area (Å²) in [6, 6.07) is 5.58. The Morgan fingerprint density at radius 1 is 1.25 bits per heavy atom. The molecule has 8 heteroatoms. The molecule has 0 aliphatic heterocycles. The molecular weight excluding hydrogens is 314 g/mol. The van der Waals surface area contributed by atoms with Crippen molar-refractivity contribution >= 4 is 22.8 Å². The molecule has 0 saturated carbocycles. The van der Waals surface area contributed by atoms with E-state index in [9.17, 15) is 19.2 Å². The smallest absolute Gasteiger partial charge is 0.328 e. The predicted molar refractivity (Wildman–Crippen MR) is 87.9 cm³/mol. The zero-order chi connectivity index (χ0) is 17.9. The largest absolute Gasteiger partial charge is 0.480 e. The van der Waals surface area contributed by atoms with E-state index in [0.717, 1.165) is 4.57 Å². The fourth-order valence-corrected chi connectivity index (χ4v) is 2.37. The molecule has 1 atom stereocenters. The number of amides is 1. The summed E-state index contributed by atoms with van der Waals surface area (Å²) in [6.07, 6.45) is -0.169. The zero-order valence-corrected chi connectivity index (χ0v) is 13.4. The fourth-order valence-electron chi connectivity index (χ4n) is 2.37. The molecule has 0 aliphatic carbocycles. The van der Waals surface area contributed by atoms with Crippen LogP contribution in [0, 0.1) is 5.92 Å². The van der Waals surface area contributed by atoms with Gasteiger partial charge < -0.3 is 15.4 Å². The van der Waals surface area contributed by atoms with Crippen LogP contribution in [0.4, 0.5) is 0 Å². The number of rotatable bonds is 6. The Bertz CT molecular complexity index is 881. The van der Waals surface area contributed by atoms with E-state index in [4.69, 9.17) is 5.11 Å². The van der Waals surface area contributed by atoms with Gasteiger partial charge in [-0.05, 0) is 18.1 Å². The van der Waals surface area contributed by atoms with E-state index < -0.39 is 29.2 Å². The first-order valence-corrected chi connectivity index (χ1v) is 7.55. The molecule has 0 unspecified atom stereocenters. The molecule has 0 aliphatic rings. The Kier molecular flexibility index (Phi) is 5.18. The summed E-state index contributed by atoms with van der Waals surface area (Å²) in [4.78, 5) is 49.9. The third-order valence-corrected chi connectivity index (χ3v) is 3.70. The van der Waals surface area contributed by atoms with Gasteiger partial charge in [-0.1, -0.05) is 26.0 Å². The quantitative estimate of drug-likeness (QED) is 0.702. The molecule has 1 amide bonds. The van der Waals surface area contributed by atoms with Crippen molar-refractivity contribution in [2.45, 2.75) is 32.9 Å². The number of aromatic amines is 1. The lowest BCUT2D eigenvalue weighted by molar-refractivity contribution is -0.143. The van der Waals surface area contributed by atoms with Gasteiger partial charge in [-0.15, -0.1) is 0 Å². The number of nitrogens with one attached hydrogen (secondary N) is 2. The zero-order valence-electron chi connectivity index (χ0n) is 13.4. The first kappa shape index (κ1) is 17.5. The number of H-pyrrole nitrogens is 1. The minimum atomic E-state index is -1.13. The number of carbonyl (C=O) groups excluding carboxylic acids is 1. The minimum absolute atomic E-state index is 0.130. The van der Waals surface area contributed by atoms with E-state index in [0.29, 0.717) is 10.9 Å². The Hall–Kier alpha value is -2.90. The van der Waals surface area contributed by atoms with E-state index in [1.54, 1.807) is 38.1 Å². The van der Waals surface area contributed by atoms with Crippen LogP contribution in [0.3, 0.4) is 0 Å². The number of aromatic nitrogens is 2. The van der Waals surface area contributed by atoms with E-state index >= 15 is 0 Å². The molecule has 0 saturated heterocycles. The van der Waals surface area contributed by atoms with E-state index in [-0.39, 0.29) is 18.9 Å². The van der Waals surface area contributed by atoms with Gasteiger partial charge in [-0.3, -0.25) is 14.2 Å². The average molecular weight is 333 g/mol. The summed E-state index contributed by atoms with van der Waals surface area (Å²) in [5, 5.41) is 11.8. The molecule has 2 aromatic rings. The van der Waals surface area contributed by atoms with Gasteiger partial charge in [0.25, 0.3) is 5.56 Å². The standard InChI is InChI=1S/C16H19N3O5/c1-9(2)13(15(22)23)18-12(20)7-8-19-14(21)10-5-3-4-6-11(10)17-16(19)24/h3-6,9,13H,7-8H2,1-2H3,(H,17,24)(H,18,20)(H,22,23)/t13-/m0/s1. The normalized spacial score (nSPS) is 12.3. The van der Waals surface area contributed by atoms with Crippen molar-refractivity contribution in [1.82, 2.24) is 14.9 Å². The number of hydrogen-bond acceptors (Lipinski definition) is 4. The van der Waals surface area contributed by atoms with Crippen molar-refractivity contribution in [3.63, 3.8) is 0 Å². The maximum absolute atomic E-state index is 12.3. The highest BCUT2D eigenvalue weighted by Crippen LogP contribution is 2.04. The maximum Gasteiger partial charge on any atom is 0.328 e. The fraction of sp³-hybridized carbons (Fsp3) is 0.375. The van der Waals surface area contributed by atoms with Gasteiger partial charge in [0.15, 0.2) is 0 Å². The van der Waals surface area contributed by atoms with Crippen LogP contribution >= 0.6 is 0 Å². The van der Waals surface area contributed by atoms with Crippen molar-refractivity contribution in [3.05, 3.63) is 45.1 Å². The van der Waals surface area contributed by atoms with Crippen LogP contribution in [0.5, 0.6) is 0 Å². The first-order valence-electron chi connectivity index (χ1n) is 7.55. The number of carboxylic acids is 1. The highest BCUT2D eigenvalue weighted by molar-refractivity contribution is 5.83. The second-order valence-corrected chi connectivity index (χ2v) is 5.81. The van der Waals surface area contributed by atoms with Crippen LogP contribution in [0.2, 0.25) is 0 Å². The van der Waals surface area contributed by atoms with Gasteiger partial charge in [-0.25, -0.2) is 9.59 Å². The average Bonchev–Trinajstić information content (AvgIpc) is 2.51. The molecule has 0 spiro atoms. The van der Waals surface area contributed by atoms with Gasteiger partial charge in [0, 0.05) is 13.0 Å². The molecular formula is C16H19N3O5. The van der Waals surface area contributed by atoms with Crippen LogP contribution < -0.4 is 16.6 Å². The van der Waals surface area contributed by atoms with Gasteiger partial charge >= 0.3 is 11.7 Å². The topological polar surface area (TPSA) is 121 Å². The highest BCUT2D eigenvalue weighted by atomic mass is 16.4. The number of hydrogen-bond donors (Lipinski definition) is 3. The highest BCUT2D eigenvalue weighted by Gasteiger charge is 2.23. The Morgan fingerprint density at radius 3 is 2.54 bits per heavy atom. The molecule has 3 N–H and O–H groups in total. The summed E-state index contributed by atoms with van der Waals surface area (Å²) >= 11 is 0. The van der Waals surface area contributed by atoms with E-state index in [1.807, 2.05) is 0 Å². The second kappa shape index (κ2) is 7.12. The van der Waals surface area contributed by atoms with Gasteiger partial charge in [0.1, 0.15) is 6.04 Å². The van der Waals surface area contributed by atoms with Crippen molar-refractivity contribution in [2.24, 2.45) is 5.92 Å². The molecule has 24 heavy (non-hydrogen) atoms. The van der Waals surface area contributed by atoms with Crippen LogP contribution in [-0.2, 0) is 16.1 Å². The summed E-state index contributed by atoms with van der Waals surface area (Å²) in [5.74, 6) is -1.94. The van der Waals surface area contributed by atoms with Crippen molar-refractivity contribution < 1.29 is 14.7 Å². The van der Waals surface area contributed by atoms with Crippen LogP contribution in [-0.4, -0.2) is 32.6 Å². The summed E-state index contributed by atoms with van der Waals surface area (Å²) in [7, 11) is 0. The molecule has 0 fully saturated rings. The lowest BCUT2D eigenvalue weighted by Gasteiger charge is -2.17. The Balaban J connectivity index is 2.16. The SMILES string of the molecule is CC(C)[C@H](NC(=O)CCn1c(=O)[nH]c2ccccc2c1=O)C(=O)O. The molecule has 2 rings (SSSR count). The summed E-state index contributed by atoms with van der Waals surface area (Å²) in [6.45, 7) is 3.23. The van der Waals surface area contributed by atoms with Gasteiger partial charge in [-0.2, -0.15) is 0 Å². The number of nitrogens with zero attached hydrogens (tertiary/aromatic N) is 1. The maximum atomic E-state index is 12.3. The first-order chi connectivity index (χ1) is 11.3. The molecule has 1 heterocycles. The molecule has 0 radical (unpaired) electrons. The number of para-hydroxylation sites is 1. The van der Waals surface area contributed by atoms with Crippen LogP contribution in [0.15, 0.2) is 33.9 Å². The van der Waals surface area contributed by atoms with Crippen molar-refractivity contribution in [1.29, 1.82) is 0 Å². The van der Waals surface area contributed by atoms with Crippen LogP contribution in [0.25, 0.3) is 10.9 Å². The minimum Gasteiger partial charge on any atom is -0.480 e. The predicted octanol–water partition coefficient (Wildman–Crippen LogP) is 0.305. The molecule has 1 aromatic heterocycles. The molecule has 128 valence electrons. The van der Waals surface area contributed by atoms with Crippen LogP contribution in [0.1, 0.15) is 20.3 Å². The second-order valence-electron chi connectivity index (χ2n) is 5.81. The van der Waals surface area contributed by atoms with Crippen molar-refractivity contribution in [3.8, 4) is 0 Å². The summed E-state index contributed by atoms with van der Waals surface area (Å²) in [5.41, 5.74) is -0.662. The van der Waals surface area contributed by atoms with Gasteiger partial charge in [0.05, 0.1) is 10.9 Å². The number of carbonyl (C=O) groups is 2. The Morgan fingerprint density at radius 2 is 1.92 bits per heavy atom. The third-order valence-electron chi connectivity index (χ3n) is 3.70. The third kappa shape index (κ3) is 3.70.